The average Bonchev–Trinajstić information content (AvgIpc) is 2.63. The van der Waals surface area contributed by atoms with Crippen molar-refractivity contribution in [2.45, 2.75) is 39.2 Å². The van der Waals surface area contributed by atoms with Crippen LogP contribution >= 0.6 is 0 Å². The number of nitrogens with zero attached hydrogens (tertiary/aromatic N) is 4. The first kappa shape index (κ1) is 14.9. The maximum atomic E-state index is 11.4. The van der Waals surface area contributed by atoms with E-state index in [2.05, 4.69) is 33.9 Å². The third-order valence-electron chi connectivity index (χ3n) is 4.06. The van der Waals surface area contributed by atoms with Crippen LogP contribution in [0.4, 0.5) is 5.95 Å². The third-order valence-corrected chi connectivity index (χ3v) is 4.06. The molecule has 0 aliphatic carbocycles. The number of rotatable bonds is 3. The van der Waals surface area contributed by atoms with E-state index in [0.29, 0.717) is 11.6 Å². The first-order valence-corrected chi connectivity index (χ1v) is 7.25. The van der Waals surface area contributed by atoms with Crippen LogP contribution in [0.5, 0.6) is 0 Å². The predicted octanol–water partition coefficient (Wildman–Crippen LogP) is 1.91. The van der Waals surface area contributed by atoms with Gasteiger partial charge in [-0.2, -0.15) is 0 Å². The molecule has 1 atom stereocenters. The normalized spacial score (nSPS) is 20.1. The molecule has 1 unspecified atom stereocenters. The summed E-state index contributed by atoms with van der Waals surface area (Å²) in [5.41, 5.74) is 1.39. The summed E-state index contributed by atoms with van der Waals surface area (Å²) in [4.78, 5) is 24.9. The molecule has 5 heteroatoms. The summed E-state index contributed by atoms with van der Waals surface area (Å²) >= 11 is 0. The summed E-state index contributed by atoms with van der Waals surface area (Å²) in [6, 6.07) is 0.637. The molecular formula is C15H24N4O. The number of anilines is 1. The minimum Gasteiger partial charge on any atom is -0.341 e. The Labute approximate surface area is 121 Å². The van der Waals surface area contributed by atoms with Crippen molar-refractivity contribution in [3.05, 3.63) is 17.5 Å². The summed E-state index contributed by atoms with van der Waals surface area (Å²) in [5, 5.41) is 0. The quantitative estimate of drug-likeness (QED) is 0.789. The van der Waals surface area contributed by atoms with E-state index >= 15 is 0 Å². The number of aromatic nitrogens is 2. The Morgan fingerprint density at radius 3 is 2.70 bits per heavy atom. The topological polar surface area (TPSA) is 49.3 Å². The molecule has 0 aromatic carbocycles. The minimum absolute atomic E-state index is 0.0255. The fourth-order valence-electron chi connectivity index (χ4n) is 2.75. The van der Waals surface area contributed by atoms with Crippen LogP contribution < -0.4 is 4.90 Å². The lowest BCUT2D eigenvalue weighted by molar-refractivity contribution is 0.101. The van der Waals surface area contributed by atoms with Gasteiger partial charge >= 0.3 is 0 Å². The molecular weight excluding hydrogens is 252 g/mol. The minimum atomic E-state index is 0.0255. The van der Waals surface area contributed by atoms with Crippen LogP contribution in [0.2, 0.25) is 0 Å². The Balaban J connectivity index is 2.12. The van der Waals surface area contributed by atoms with Gasteiger partial charge in [0.05, 0.1) is 11.3 Å². The van der Waals surface area contributed by atoms with Gasteiger partial charge in [-0.1, -0.05) is 0 Å². The predicted molar refractivity (Wildman–Crippen MR) is 80.3 cm³/mol. The second kappa shape index (κ2) is 6.31. The molecule has 20 heavy (non-hydrogen) atoms. The molecule has 1 aliphatic heterocycles. The van der Waals surface area contributed by atoms with Crippen molar-refractivity contribution in [1.29, 1.82) is 0 Å². The third kappa shape index (κ3) is 3.33. The Morgan fingerprint density at radius 1 is 1.35 bits per heavy atom. The van der Waals surface area contributed by atoms with Crippen LogP contribution in [0.15, 0.2) is 6.20 Å². The number of ketones is 1. The van der Waals surface area contributed by atoms with Crippen LogP contribution in [0.1, 0.15) is 42.2 Å². The van der Waals surface area contributed by atoms with Crippen LogP contribution in [0, 0.1) is 6.92 Å². The molecule has 1 aromatic rings. The van der Waals surface area contributed by atoms with E-state index in [0.717, 1.165) is 37.6 Å². The number of hydrogen-bond acceptors (Lipinski definition) is 5. The first-order valence-electron chi connectivity index (χ1n) is 7.25. The van der Waals surface area contributed by atoms with Crippen molar-refractivity contribution in [2.75, 3.05) is 32.1 Å². The highest BCUT2D eigenvalue weighted by Crippen LogP contribution is 2.19. The van der Waals surface area contributed by atoms with E-state index in [-0.39, 0.29) is 5.78 Å². The zero-order valence-corrected chi connectivity index (χ0v) is 12.9. The average molecular weight is 276 g/mol. The number of aryl methyl sites for hydroxylation is 1. The molecule has 110 valence electrons. The standard InChI is InChI=1S/C15H24N4O/c1-11-14(12(2)20)10-16-15(17-11)19-8-5-6-13(7-9-19)18(3)4/h10,13H,5-9H2,1-4H3. The van der Waals surface area contributed by atoms with E-state index in [4.69, 9.17) is 0 Å². The van der Waals surface area contributed by atoms with E-state index in [1.165, 1.54) is 6.42 Å². The molecule has 0 radical (unpaired) electrons. The molecule has 1 saturated heterocycles. The molecule has 2 heterocycles. The van der Waals surface area contributed by atoms with Crippen LogP contribution in [-0.4, -0.2) is 53.9 Å². The van der Waals surface area contributed by atoms with Gasteiger partial charge in [-0.05, 0) is 47.2 Å². The Hall–Kier alpha value is -1.49. The van der Waals surface area contributed by atoms with Gasteiger partial charge in [-0.3, -0.25) is 4.79 Å². The monoisotopic (exact) mass is 276 g/mol. The molecule has 5 nitrogen and oxygen atoms in total. The fraction of sp³-hybridized carbons (Fsp3) is 0.667. The van der Waals surface area contributed by atoms with Crippen molar-refractivity contribution < 1.29 is 4.79 Å². The SMILES string of the molecule is CC(=O)c1cnc(N2CCCC(N(C)C)CC2)nc1C. The van der Waals surface area contributed by atoms with Crippen molar-refractivity contribution >= 4 is 11.7 Å². The summed E-state index contributed by atoms with van der Waals surface area (Å²) in [6.07, 6.45) is 5.16. The molecule has 0 saturated carbocycles. The maximum absolute atomic E-state index is 11.4. The molecule has 0 spiro atoms. The van der Waals surface area contributed by atoms with Gasteiger partial charge in [0.2, 0.25) is 5.95 Å². The van der Waals surface area contributed by atoms with Gasteiger partial charge in [0.1, 0.15) is 0 Å². The number of hydrogen-bond donors (Lipinski definition) is 0. The first-order chi connectivity index (χ1) is 9.49. The van der Waals surface area contributed by atoms with Crippen LogP contribution in [0.25, 0.3) is 0 Å². The van der Waals surface area contributed by atoms with Gasteiger partial charge < -0.3 is 9.80 Å². The summed E-state index contributed by atoms with van der Waals surface area (Å²) < 4.78 is 0. The van der Waals surface area contributed by atoms with Gasteiger partial charge in [-0.25, -0.2) is 9.97 Å². The molecule has 2 rings (SSSR count). The number of carbonyl (C=O) groups excluding carboxylic acids is 1. The fourth-order valence-corrected chi connectivity index (χ4v) is 2.75. The van der Waals surface area contributed by atoms with E-state index in [1.54, 1.807) is 13.1 Å². The van der Waals surface area contributed by atoms with E-state index in [9.17, 15) is 4.79 Å². The maximum Gasteiger partial charge on any atom is 0.225 e. The van der Waals surface area contributed by atoms with Crippen molar-refractivity contribution in [3.8, 4) is 0 Å². The molecule has 1 aliphatic rings. The molecule has 0 bridgehead atoms. The second-order valence-corrected chi connectivity index (χ2v) is 5.76. The molecule has 0 amide bonds. The Kier molecular flexibility index (Phi) is 4.70. The van der Waals surface area contributed by atoms with Gasteiger partial charge in [0, 0.05) is 25.3 Å². The molecule has 1 aromatic heterocycles. The van der Waals surface area contributed by atoms with Crippen molar-refractivity contribution in [3.63, 3.8) is 0 Å². The van der Waals surface area contributed by atoms with E-state index < -0.39 is 0 Å². The van der Waals surface area contributed by atoms with Gasteiger partial charge in [0.15, 0.2) is 5.78 Å². The van der Waals surface area contributed by atoms with Crippen LogP contribution in [-0.2, 0) is 0 Å². The highest BCUT2D eigenvalue weighted by molar-refractivity contribution is 5.94. The summed E-state index contributed by atoms with van der Waals surface area (Å²) in [7, 11) is 4.28. The smallest absolute Gasteiger partial charge is 0.225 e. The number of Topliss-reactive ketones (excluding diaryl/α,β-unsaturated/α-hetero) is 1. The molecule has 0 N–H and O–H groups in total. The lowest BCUT2D eigenvalue weighted by Crippen LogP contribution is -2.30. The van der Waals surface area contributed by atoms with Crippen molar-refractivity contribution in [1.82, 2.24) is 14.9 Å². The van der Waals surface area contributed by atoms with E-state index in [1.807, 2.05) is 6.92 Å². The lowest BCUT2D eigenvalue weighted by atomic mass is 10.1. The van der Waals surface area contributed by atoms with Gasteiger partial charge in [-0.15, -0.1) is 0 Å². The largest absolute Gasteiger partial charge is 0.341 e. The Bertz CT molecular complexity index is 487. The van der Waals surface area contributed by atoms with Gasteiger partial charge in [0.25, 0.3) is 0 Å². The Morgan fingerprint density at radius 2 is 2.10 bits per heavy atom. The zero-order valence-electron chi connectivity index (χ0n) is 12.9. The summed E-state index contributed by atoms with van der Waals surface area (Å²) in [6.45, 7) is 5.40. The van der Waals surface area contributed by atoms with Crippen LogP contribution in [0.3, 0.4) is 0 Å². The highest BCUT2D eigenvalue weighted by atomic mass is 16.1. The number of carbonyl (C=O) groups is 1. The molecule has 1 fully saturated rings. The zero-order chi connectivity index (χ0) is 14.7. The summed E-state index contributed by atoms with van der Waals surface area (Å²) in [5.74, 6) is 0.782. The highest BCUT2D eigenvalue weighted by Gasteiger charge is 2.20. The second-order valence-electron chi connectivity index (χ2n) is 5.76. The van der Waals surface area contributed by atoms with Crippen molar-refractivity contribution in [2.24, 2.45) is 0 Å². The lowest BCUT2D eigenvalue weighted by Gasteiger charge is -2.23.